The summed E-state index contributed by atoms with van der Waals surface area (Å²) in [5.41, 5.74) is 1.39. The molecule has 2 aromatic heterocycles. The van der Waals surface area contributed by atoms with E-state index in [9.17, 15) is 4.79 Å². The number of nitrogens with one attached hydrogen (secondary N) is 1. The van der Waals surface area contributed by atoms with E-state index in [0.717, 1.165) is 18.8 Å². The molecule has 1 saturated heterocycles. The quantitative estimate of drug-likeness (QED) is 0.798. The van der Waals surface area contributed by atoms with Crippen molar-refractivity contribution >= 4 is 11.0 Å². The molecule has 1 aliphatic rings. The highest BCUT2D eigenvalue weighted by molar-refractivity contribution is 5.75. The molecule has 6 nitrogen and oxygen atoms in total. The third-order valence-electron chi connectivity index (χ3n) is 4.81. The number of para-hydroxylation sites is 1. The van der Waals surface area contributed by atoms with Crippen molar-refractivity contribution in [3.8, 4) is 5.69 Å². The molecule has 1 aliphatic heterocycles. The van der Waals surface area contributed by atoms with Crippen molar-refractivity contribution in [3.63, 3.8) is 0 Å². The Labute approximate surface area is 146 Å². The molecule has 1 aromatic carbocycles. The minimum Gasteiger partial charge on any atom is -0.309 e. The van der Waals surface area contributed by atoms with Crippen LogP contribution in [0.2, 0.25) is 0 Å². The largest absolute Gasteiger partial charge is 0.309 e. The molecule has 0 amide bonds. The number of piperidine rings is 1. The molecule has 2 atom stereocenters. The zero-order valence-corrected chi connectivity index (χ0v) is 14.6. The van der Waals surface area contributed by atoms with Gasteiger partial charge in [0.25, 0.3) is 5.56 Å². The van der Waals surface area contributed by atoms with Gasteiger partial charge in [-0.3, -0.25) is 9.69 Å². The molecule has 3 heterocycles. The number of aromatic nitrogens is 4. The summed E-state index contributed by atoms with van der Waals surface area (Å²) in [6.45, 7) is 7.33. The topological polar surface area (TPSA) is 66.8 Å². The Morgan fingerprint density at radius 1 is 1.16 bits per heavy atom. The van der Waals surface area contributed by atoms with E-state index in [2.05, 4.69) is 28.8 Å². The van der Waals surface area contributed by atoms with Gasteiger partial charge in [-0.1, -0.05) is 32.0 Å². The fourth-order valence-electron chi connectivity index (χ4n) is 3.93. The summed E-state index contributed by atoms with van der Waals surface area (Å²) in [4.78, 5) is 22.5. The molecule has 0 bridgehead atoms. The summed E-state index contributed by atoms with van der Waals surface area (Å²) >= 11 is 0. The standard InChI is InChI=1S/C19H23N5O/c1-13-8-14(2)11-23(10-13)12-17-21-18-16(19(25)22-17)9-20-24(18)15-6-4-3-5-7-15/h3-7,9,13-14H,8,10-12H2,1-2H3,(H,21,22,25). The minimum absolute atomic E-state index is 0.125. The third-order valence-corrected chi connectivity index (χ3v) is 4.81. The summed E-state index contributed by atoms with van der Waals surface area (Å²) in [7, 11) is 0. The van der Waals surface area contributed by atoms with Gasteiger partial charge in [0.15, 0.2) is 5.65 Å². The highest BCUT2D eigenvalue weighted by Gasteiger charge is 2.22. The Morgan fingerprint density at radius 2 is 1.88 bits per heavy atom. The predicted molar refractivity (Wildman–Crippen MR) is 97.7 cm³/mol. The lowest BCUT2D eigenvalue weighted by Gasteiger charge is -2.34. The maximum Gasteiger partial charge on any atom is 0.262 e. The van der Waals surface area contributed by atoms with Gasteiger partial charge in [0.2, 0.25) is 0 Å². The van der Waals surface area contributed by atoms with Crippen LogP contribution < -0.4 is 5.56 Å². The lowest BCUT2D eigenvalue weighted by atomic mass is 9.92. The number of fused-ring (bicyclic) bond motifs is 1. The lowest BCUT2D eigenvalue weighted by Crippen LogP contribution is -2.38. The van der Waals surface area contributed by atoms with Gasteiger partial charge in [0, 0.05) is 13.1 Å². The molecule has 0 spiro atoms. The van der Waals surface area contributed by atoms with E-state index < -0.39 is 0 Å². The summed E-state index contributed by atoms with van der Waals surface area (Å²) < 4.78 is 1.73. The maximum absolute atomic E-state index is 12.4. The summed E-state index contributed by atoms with van der Waals surface area (Å²) in [6.07, 6.45) is 2.85. The van der Waals surface area contributed by atoms with Gasteiger partial charge in [-0.25, -0.2) is 9.67 Å². The van der Waals surface area contributed by atoms with Crippen molar-refractivity contribution in [1.82, 2.24) is 24.6 Å². The Morgan fingerprint density at radius 3 is 2.60 bits per heavy atom. The van der Waals surface area contributed by atoms with E-state index >= 15 is 0 Å². The summed E-state index contributed by atoms with van der Waals surface area (Å²) in [5, 5.41) is 4.88. The maximum atomic E-state index is 12.4. The Kier molecular flexibility index (Phi) is 4.13. The van der Waals surface area contributed by atoms with E-state index in [-0.39, 0.29) is 5.56 Å². The van der Waals surface area contributed by atoms with Crippen LogP contribution in [0.15, 0.2) is 41.3 Å². The number of nitrogens with zero attached hydrogens (tertiary/aromatic N) is 4. The van der Waals surface area contributed by atoms with Crippen molar-refractivity contribution < 1.29 is 0 Å². The molecule has 2 unspecified atom stereocenters. The fourth-order valence-corrected chi connectivity index (χ4v) is 3.93. The van der Waals surface area contributed by atoms with Gasteiger partial charge >= 0.3 is 0 Å². The van der Waals surface area contributed by atoms with Gasteiger partial charge in [-0.05, 0) is 30.4 Å². The molecule has 130 valence electrons. The van der Waals surface area contributed by atoms with Gasteiger partial charge in [-0.2, -0.15) is 5.10 Å². The minimum atomic E-state index is -0.125. The van der Waals surface area contributed by atoms with E-state index in [1.165, 1.54) is 6.42 Å². The van der Waals surface area contributed by atoms with E-state index in [1.807, 2.05) is 30.3 Å². The monoisotopic (exact) mass is 337 g/mol. The summed E-state index contributed by atoms with van der Waals surface area (Å²) in [6, 6.07) is 9.78. The Bertz CT molecular complexity index is 920. The molecular formula is C19H23N5O. The SMILES string of the molecule is CC1CC(C)CN(Cc2nc3c(cnn3-c3ccccc3)c(=O)[nH]2)C1. The second-order valence-electron chi connectivity index (χ2n) is 7.28. The third kappa shape index (κ3) is 3.22. The zero-order chi connectivity index (χ0) is 17.4. The van der Waals surface area contributed by atoms with E-state index in [4.69, 9.17) is 4.98 Å². The van der Waals surface area contributed by atoms with Gasteiger partial charge in [0.1, 0.15) is 11.2 Å². The zero-order valence-electron chi connectivity index (χ0n) is 14.6. The molecule has 1 fully saturated rings. The van der Waals surface area contributed by atoms with Crippen LogP contribution in [-0.2, 0) is 6.54 Å². The fraction of sp³-hybridized carbons (Fsp3) is 0.421. The van der Waals surface area contributed by atoms with E-state index in [0.29, 0.717) is 35.2 Å². The molecule has 3 aromatic rings. The van der Waals surface area contributed by atoms with Crippen LogP contribution in [0.25, 0.3) is 16.7 Å². The van der Waals surface area contributed by atoms with Crippen LogP contribution in [0.5, 0.6) is 0 Å². The number of benzene rings is 1. The first-order valence-electron chi connectivity index (χ1n) is 8.85. The molecule has 0 aliphatic carbocycles. The molecule has 6 heteroatoms. The van der Waals surface area contributed by atoms with Gasteiger partial charge in [-0.15, -0.1) is 0 Å². The number of hydrogen-bond donors (Lipinski definition) is 1. The molecule has 0 saturated carbocycles. The first kappa shape index (κ1) is 16.0. The van der Waals surface area contributed by atoms with Crippen LogP contribution in [0.3, 0.4) is 0 Å². The first-order valence-corrected chi connectivity index (χ1v) is 8.85. The number of likely N-dealkylation sites (tertiary alicyclic amines) is 1. The molecule has 25 heavy (non-hydrogen) atoms. The van der Waals surface area contributed by atoms with Crippen molar-refractivity contribution in [2.45, 2.75) is 26.8 Å². The molecule has 0 radical (unpaired) electrons. The molecular weight excluding hydrogens is 314 g/mol. The van der Waals surface area contributed by atoms with Crippen molar-refractivity contribution in [2.24, 2.45) is 11.8 Å². The number of hydrogen-bond acceptors (Lipinski definition) is 4. The summed E-state index contributed by atoms with van der Waals surface area (Å²) in [5.74, 6) is 2.06. The predicted octanol–water partition coefficient (Wildman–Crippen LogP) is 2.59. The normalized spacial score (nSPS) is 21.7. The first-order chi connectivity index (χ1) is 12.1. The van der Waals surface area contributed by atoms with Crippen LogP contribution in [0.1, 0.15) is 26.1 Å². The van der Waals surface area contributed by atoms with Crippen molar-refractivity contribution in [1.29, 1.82) is 0 Å². The average Bonchev–Trinajstić information content (AvgIpc) is 2.99. The van der Waals surface area contributed by atoms with Crippen molar-refractivity contribution in [2.75, 3.05) is 13.1 Å². The highest BCUT2D eigenvalue weighted by atomic mass is 16.1. The van der Waals surface area contributed by atoms with Gasteiger partial charge < -0.3 is 4.98 Å². The molecule has 4 rings (SSSR count). The van der Waals surface area contributed by atoms with E-state index in [1.54, 1.807) is 10.9 Å². The van der Waals surface area contributed by atoms with Crippen LogP contribution >= 0.6 is 0 Å². The highest BCUT2D eigenvalue weighted by Crippen LogP contribution is 2.22. The average molecular weight is 337 g/mol. The molecule has 1 N–H and O–H groups in total. The Balaban J connectivity index is 1.70. The van der Waals surface area contributed by atoms with Gasteiger partial charge in [0.05, 0.1) is 18.4 Å². The van der Waals surface area contributed by atoms with Crippen LogP contribution in [0, 0.1) is 11.8 Å². The van der Waals surface area contributed by atoms with Crippen LogP contribution in [0.4, 0.5) is 0 Å². The van der Waals surface area contributed by atoms with Crippen LogP contribution in [-0.4, -0.2) is 37.7 Å². The smallest absolute Gasteiger partial charge is 0.262 e. The lowest BCUT2D eigenvalue weighted by molar-refractivity contribution is 0.131. The second-order valence-corrected chi connectivity index (χ2v) is 7.28. The Hall–Kier alpha value is -2.47. The number of aromatic amines is 1. The second kappa shape index (κ2) is 6.44. The number of H-pyrrole nitrogens is 1. The number of rotatable bonds is 3. The van der Waals surface area contributed by atoms with Crippen molar-refractivity contribution in [3.05, 3.63) is 52.7 Å².